The number of aryl methyl sites for hydroxylation is 2. The van der Waals surface area contributed by atoms with Gasteiger partial charge < -0.3 is 15.2 Å². The normalized spacial score (nSPS) is 17.6. The minimum absolute atomic E-state index is 0.363. The molecule has 7 nitrogen and oxygen atoms in total. The Morgan fingerprint density at radius 3 is 2.96 bits per heavy atom. The van der Waals surface area contributed by atoms with Crippen LogP contribution in [0.1, 0.15) is 50.3 Å². The molecule has 1 aliphatic carbocycles. The summed E-state index contributed by atoms with van der Waals surface area (Å²) in [5.41, 5.74) is 2.61. The summed E-state index contributed by atoms with van der Waals surface area (Å²) in [6.45, 7) is 7.83. The van der Waals surface area contributed by atoms with Gasteiger partial charge in [0, 0.05) is 50.7 Å². The highest BCUT2D eigenvalue weighted by Crippen LogP contribution is 2.21. The maximum Gasteiger partial charge on any atom is 0.191 e. The Labute approximate surface area is 149 Å². The lowest BCUT2D eigenvalue weighted by atomic mass is 9.94. The zero-order valence-electron chi connectivity index (χ0n) is 15.7. The van der Waals surface area contributed by atoms with Crippen LogP contribution in [0.4, 0.5) is 0 Å². The van der Waals surface area contributed by atoms with Crippen molar-refractivity contribution >= 4 is 5.96 Å². The molecule has 1 atom stereocenters. The largest absolute Gasteiger partial charge is 0.357 e. The maximum absolute atomic E-state index is 4.76. The van der Waals surface area contributed by atoms with E-state index in [1.54, 1.807) is 6.20 Å². The number of hydrogen-bond donors (Lipinski definition) is 2. The summed E-state index contributed by atoms with van der Waals surface area (Å²) in [6, 6.07) is 0.774. The number of nitrogens with one attached hydrogen (secondary N) is 2. The second kappa shape index (κ2) is 7.72. The summed E-state index contributed by atoms with van der Waals surface area (Å²) in [6.07, 6.45) is 9.07. The summed E-state index contributed by atoms with van der Waals surface area (Å²) in [7, 11) is 1.99. The molecule has 2 aromatic rings. The third-order valence-corrected chi connectivity index (χ3v) is 4.61. The number of aliphatic imine (C=N–C) groups is 1. The molecule has 1 aliphatic rings. The van der Waals surface area contributed by atoms with Crippen molar-refractivity contribution in [2.75, 3.05) is 6.54 Å². The molecule has 3 rings (SSSR count). The van der Waals surface area contributed by atoms with E-state index in [-0.39, 0.29) is 0 Å². The second-order valence-corrected chi connectivity index (χ2v) is 6.91. The molecule has 0 amide bonds. The number of hydrogen-bond acceptors (Lipinski definition) is 3. The monoisotopic (exact) mass is 343 g/mol. The maximum atomic E-state index is 4.76. The summed E-state index contributed by atoms with van der Waals surface area (Å²) < 4.78 is 4.08. The molecule has 136 valence electrons. The molecule has 0 bridgehead atoms. The van der Waals surface area contributed by atoms with Gasteiger partial charge in [-0.3, -0.25) is 4.68 Å². The van der Waals surface area contributed by atoms with Crippen molar-refractivity contribution in [3.63, 3.8) is 0 Å². The van der Waals surface area contributed by atoms with Crippen LogP contribution >= 0.6 is 0 Å². The van der Waals surface area contributed by atoms with Crippen LogP contribution < -0.4 is 10.6 Å². The summed E-state index contributed by atoms with van der Waals surface area (Å²) in [5.74, 6) is 1.81. The molecule has 7 heteroatoms. The van der Waals surface area contributed by atoms with Gasteiger partial charge in [0.05, 0.1) is 5.69 Å². The number of imidazole rings is 1. The Morgan fingerprint density at radius 1 is 1.44 bits per heavy atom. The van der Waals surface area contributed by atoms with Crippen molar-refractivity contribution in [2.45, 2.75) is 58.7 Å². The Hall–Kier alpha value is -2.31. The van der Waals surface area contributed by atoms with Crippen molar-refractivity contribution in [1.82, 2.24) is 30.0 Å². The first-order valence-corrected chi connectivity index (χ1v) is 9.14. The van der Waals surface area contributed by atoms with Crippen molar-refractivity contribution in [2.24, 2.45) is 12.0 Å². The molecule has 0 fully saturated rings. The molecular formula is C18H29N7. The van der Waals surface area contributed by atoms with Crippen LogP contribution in [-0.4, -0.2) is 37.9 Å². The molecule has 1 unspecified atom stereocenters. The Kier molecular flexibility index (Phi) is 5.40. The Morgan fingerprint density at radius 2 is 2.28 bits per heavy atom. The Balaban J connectivity index is 1.65. The molecule has 2 N–H and O–H groups in total. The molecule has 0 saturated heterocycles. The predicted molar refractivity (Wildman–Crippen MR) is 99.6 cm³/mol. The summed E-state index contributed by atoms with van der Waals surface area (Å²) in [4.78, 5) is 9.02. The van der Waals surface area contributed by atoms with Gasteiger partial charge in [0.25, 0.3) is 0 Å². The minimum atomic E-state index is 0.363. The van der Waals surface area contributed by atoms with Crippen LogP contribution in [0.5, 0.6) is 0 Å². The average molecular weight is 343 g/mol. The zero-order chi connectivity index (χ0) is 17.8. The topological polar surface area (TPSA) is 72.1 Å². The van der Waals surface area contributed by atoms with Gasteiger partial charge in [-0.15, -0.1) is 0 Å². The van der Waals surface area contributed by atoms with Crippen LogP contribution in [0.15, 0.2) is 23.6 Å². The highest BCUT2D eigenvalue weighted by molar-refractivity contribution is 5.80. The quantitative estimate of drug-likeness (QED) is 0.641. The predicted octanol–water partition coefficient (Wildman–Crippen LogP) is 1.81. The van der Waals surface area contributed by atoms with Crippen LogP contribution in [-0.2, 0) is 26.4 Å². The van der Waals surface area contributed by atoms with Crippen molar-refractivity contribution < 1.29 is 0 Å². The minimum Gasteiger partial charge on any atom is -0.357 e. The molecule has 25 heavy (non-hydrogen) atoms. The fourth-order valence-electron chi connectivity index (χ4n) is 3.11. The molecule has 0 spiro atoms. The van der Waals surface area contributed by atoms with Gasteiger partial charge in [-0.25, -0.2) is 9.98 Å². The van der Waals surface area contributed by atoms with E-state index in [1.807, 2.05) is 17.8 Å². The van der Waals surface area contributed by atoms with Gasteiger partial charge in [-0.05, 0) is 39.2 Å². The lowest BCUT2D eigenvalue weighted by molar-refractivity contribution is 0.499. The van der Waals surface area contributed by atoms with Gasteiger partial charge in [-0.2, -0.15) is 5.10 Å². The number of aromatic nitrogens is 4. The number of rotatable bonds is 5. The SMILES string of the molecule is CCNC(=NCc1nccn1C)NC1CCc2cn(C(C)C)nc2C1. The average Bonchev–Trinajstić information content (AvgIpc) is 3.18. The van der Waals surface area contributed by atoms with Gasteiger partial charge >= 0.3 is 0 Å². The molecular weight excluding hydrogens is 314 g/mol. The van der Waals surface area contributed by atoms with Crippen LogP contribution in [0.2, 0.25) is 0 Å². The fraction of sp³-hybridized carbons (Fsp3) is 0.611. The van der Waals surface area contributed by atoms with E-state index >= 15 is 0 Å². The van der Waals surface area contributed by atoms with E-state index < -0.39 is 0 Å². The van der Waals surface area contributed by atoms with Gasteiger partial charge in [0.15, 0.2) is 5.96 Å². The Bertz CT molecular complexity index is 726. The van der Waals surface area contributed by atoms with E-state index in [1.165, 1.54) is 11.3 Å². The standard InChI is InChI=1S/C18H29N7/c1-5-19-18(21-11-17-20-8-9-24(17)4)22-15-7-6-14-12-25(13(2)3)23-16(14)10-15/h8-9,12-13,15H,5-7,10-11H2,1-4H3,(H2,19,21,22). The van der Waals surface area contributed by atoms with Crippen molar-refractivity contribution in [3.8, 4) is 0 Å². The molecule has 2 heterocycles. The van der Waals surface area contributed by atoms with E-state index in [9.17, 15) is 0 Å². The summed E-state index contributed by atoms with van der Waals surface area (Å²) in [5, 5.41) is 11.7. The lowest BCUT2D eigenvalue weighted by Gasteiger charge is -2.24. The van der Waals surface area contributed by atoms with E-state index in [0.717, 1.165) is 37.6 Å². The number of fused-ring (bicyclic) bond motifs is 1. The van der Waals surface area contributed by atoms with Crippen LogP contribution in [0.25, 0.3) is 0 Å². The first-order chi connectivity index (χ1) is 12.1. The van der Waals surface area contributed by atoms with Gasteiger partial charge in [0.1, 0.15) is 12.4 Å². The third-order valence-electron chi connectivity index (χ3n) is 4.61. The van der Waals surface area contributed by atoms with E-state index in [0.29, 0.717) is 18.6 Å². The molecule has 0 aromatic carbocycles. The molecule has 0 radical (unpaired) electrons. The van der Waals surface area contributed by atoms with E-state index in [2.05, 4.69) is 52.3 Å². The second-order valence-electron chi connectivity index (χ2n) is 6.91. The zero-order valence-corrected chi connectivity index (χ0v) is 15.7. The number of nitrogens with zero attached hydrogens (tertiary/aromatic N) is 5. The molecule has 2 aromatic heterocycles. The number of guanidine groups is 1. The smallest absolute Gasteiger partial charge is 0.191 e. The fourth-order valence-corrected chi connectivity index (χ4v) is 3.11. The van der Waals surface area contributed by atoms with Crippen LogP contribution in [0.3, 0.4) is 0 Å². The highest BCUT2D eigenvalue weighted by atomic mass is 15.3. The first-order valence-electron chi connectivity index (χ1n) is 9.14. The lowest BCUT2D eigenvalue weighted by Crippen LogP contribution is -2.45. The summed E-state index contributed by atoms with van der Waals surface area (Å²) >= 11 is 0. The van der Waals surface area contributed by atoms with Crippen LogP contribution in [0, 0.1) is 0 Å². The van der Waals surface area contributed by atoms with Crippen molar-refractivity contribution in [1.29, 1.82) is 0 Å². The van der Waals surface area contributed by atoms with Crippen molar-refractivity contribution in [3.05, 3.63) is 35.7 Å². The first kappa shape index (κ1) is 17.5. The van der Waals surface area contributed by atoms with Gasteiger partial charge in [0.2, 0.25) is 0 Å². The van der Waals surface area contributed by atoms with E-state index in [4.69, 9.17) is 5.10 Å². The highest BCUT2D eigenvalue weighted by Gasteiger charge is 2.23. The molecule has 0 saturated carbocycles. The third kappa shape index (κ3) is 4.21. The van der Waals surface area contributed by atoms with Gasteiger partial charge in [-0.1, -0.05) is 0 Å². The molecule has 0 aliphatic heterocycles.